The van der Waals surface area contributed by atoms with Gasteiger partial charge in [-0.2, -0.15) is 13.2 Å². The number of amides is 1. The predicted molar refractivity (Wildman–Crippen MR) is 141 cm³/mol. The molecule has 0 unspecified atom stereocenters. The van der Waals surface area contributed by atoms with Gasteiger partial charge in [-0.1, -0.05) is 62.7 Å². The second-order valence-electron chi connectivity index (χ2n) is 9.46. The highest BCUT2D eigenvalue weighted by Gasteiger charge is 2.34. The van der Waals surface area contributed by atoms with E-state index in [1.165, 1.54) is 24.3 Å². The van der Waals surface area contributed by atoms with Crippen molar-refractivity contribution in [1.82, 2.24) is 5.32 Å². The summed E-state index contributed by atoms with van der Waals surface area (Å²) in [4.78, 5) is 12.5. The van der Waals surface area contributed by atoms with Gasteiger partial charge >= 0.3 is 6.18 Å². The van der Waals surface area contributed by atoms with Gasteiger partial charge in [0.2, 0.25) is 5.91 Å². The average molecular weight is 569 g/mol. The number of carbonyl (C=O) groups is 1. The van der Waals surface area contributed by atoms with Gasteiger partial charge in [-0.25, -0.2) is 8.42 Å². The molecule has 0 saturated heterocycles. The summed E-state index contributed by atoms with van der Waals surface area (Å²) in [5.41, 5.74) is -0.445. The fourth-order valence-corrected chi connectivity index (χ4v) is 5.22. The third-order valence-electron chi connectivity index (χ3n) is 5.57. The van der Waals surface area contributed by atoms with Gasteiger partial charge in [0, 0.05) is 0 Å². The van der Waals surface area contributed by atoms with Crippen molar-refractivity contribution < 1.29 is 31.1 Å². The smallest absolute Gasteiger partial charge is 0.416 e. The monoisotopic (exact) mass is 568 g/mol. The molecule has 204 valence electrons. The number of alkyl halides is 3. The van der Waals surface area contributed by atoms with Crippen LogP contribution in [0.4, 0.5) is 18.9 Å². The van der Waals surface area contributed by atoms with Gasteiger partial charge in [0.1, 0.15) is 18.9 Å². The highest BCUT2D eigenvalue weighted by atomic mass is 35.5. The lowest BCUT2D eigenvalue weighted by molar-refractivity contribution is -0.137. The van der Waals surface area contributed by atoms with Crippen LogP contribution in [0.1, 0.15) is 31.9 Å². The molecule has 3 rings (SSSR count). The number of sulfonamides is 1. The summed E-state index contributed by atoms with van der Waals surface area (Å²) in [7, 11) is -4.43. The van der Waals surface area contributed by atoms with Gasteiger partial charge in [-0.3, -0.25) is 9.10 Å². The minimum atomic E-state index is -4.74. The van der Waals surface area contributed by atoms with Crippen LogP contribution in [0.3, 0.4) is 0 Å². The maximum absolute atomic E-state index is 13.4. The zero-order valence-electron chi connectivity index (χ0n) is 21.0. The van der Waals surface area contributed by atoms with Crippen LogP contribution in [-0.4, -0.2) is 34.0 Å². The molecule has 0 aliphatic rings. The van der Waals surface area contributed by atoms with Gasteiger partial charge in [-0.15, -0.1) is 0 Å². The Morgan fingerprint density at radius 2 is 1.55 bits per heavy atom. The van der Waals surface area contributed by atoms with Crippen LogP contribution in [0.5, 0.6) is 5.75 Å². The number of carbonyl (C=O) groups excluding carboxylic acids is 1. The number of nitrogens with zero attached hydrogens (tertiary/aromatic N) is 1. The van der Waals surface area contributed by atoms with Crippen LogP contribution in [0.2, 0.25) is 5.02 Å². The zero-order chi connectivity index (χ0) is 28.1. The molecule has 11 heteroatoms. The Kier molecular flexibility index (Phi) is 8.99. The maximum atomic E-state index is 13.4. The minimum absolute atomic E-state index is 0.0129. The van der Waals surface area contributed by atoms with Crippen molar-refractivity contribution in [1.29, 1.82) is 0 Å². The van der Waals surface area contributed by atoms with E-state index in [-0.39, 0.29) is 28.5 Å². The summed E-state index contributed by atoms with van der Waals surface area (Å²) >= 11 is 6.13. The summed E-state index contributed by atoms with van der Waals surface area (Å²) < 4.78 is 73.1. The van der Waals surface area contributed by atoms with Crippen LogP contribution in [0, 0.1) is 0 Å². The normalized spacial score (nSPS) is 12.2. The first kappa shape index (κ1) is 29.3. The number of ether oxygens (including phenoxy) is 1. The van der Waals surface area contributed by atoms with E-state index in [9.17, 15) is 26.4 Å². The van der Waals surface area contributed by atoms with Crippen molar-refractivity contribution >= 4 is 33.2 Å². The van der Waals surface area contributed by atoms with Crippen molar-refractivity contribution in [2.45, 2.75) is 37.3 Å². The summed E-state index contributed by atoms with van der Waals surface area (Å²) in [6, 6.07) is 16.9. The SMILES string of the molecule is CC(C)(C)c1ccc(OCCNC(=O)CN(c2cc(C(F)(F)F)ccc2Cl)S(=O)(=O)c2ccccc2)cc1. The third-order valence-corrected chi connectivity index (χ3v) is 7.67. The maximum Gasteiger partial charge on any atom is 0.416 e. The lowest BCUT2D eigenvalue weighted by atomic mass is 9.87. The second kappa shape index (κ2) is 11.7. The van der Waals surface area contributed by atoms with Crippen molar-refractivity contribution in [3.8, 4) is 5.75 Å². The molecule has 3 aromatic rings. The molecule has 3 aromatic carbocycles. The number of hydrogen-bond acceptors (Lipinski definition) is 4. The van der Waals surface area contributed by atoms with Crippen molar-refractivity contribution in [3.63, 3.8) is 0 Å². The van der Waals surface area contributed by atoms with Crippen LogP contribution in [0.15, 0.2) is 77.7 Å². The average Bonchev–Trinajstić information content (AvgIpc) is 2.85. The Bertz CT molecular complexity index is 1360. The quantitative estimate of drug-likeness (QED) is 0.319. The Balaban J connectivity index is 1.76. The highest BCUT2D eigenvalue weighted by Crippen LogP contribution is 2.37. The first-order chi connectivity index (χ1) is 17.7. The number of halogens is 4. The topological polar surface area (TPSA) is 75.7 Å². The number of hydrogen-bond donors (Lipinski definition) is 1. The van der Waals surface area contributed by atoms with E-state index in [0.717, 1.165) is 17.7 Å². The standard InChI is InChI=1S/C27H28ClF3N2O4S/c1-26(2,3)19-9-12-21(13-10-19)37-16-15-32-25(34)18-33(38(35,36)22-7-5-4-6-8-22)24-17-20(27(29,30)31)11-14-23(24)28/h4-14,17H,15-16,18H2,1-3H3,(H,32,34). The Labute approximate surface area is 225 Å². The molecule has 0 fully saturated rings. The van der Waals surface area contributed by atoms with Gasteiger partial charge in [0.05, 0.1) is 27.7 Å². The highest BCUT2D eigenvalue weighted by molar-refractivity contribution is 7.92. The fraction of sp³-hybridized carbons (Fsp3) is 0.296. The number of rotatable bonds is 9. The lowest BCUT2D eigenvalue weighted by Crippen LogP contribution is -2.42. The Morgan fingerprint density at radius 1 is 0.947 bits per heavy atom. The molecule has 0 aromatic heterocycles. The second-order valence-corrected chi connectivity index (χ2v) is 11.7. The van der Waals surface area contributed by atoms with Gasteiger partial charge in [-0.05, 0) is 53.4 Å². The van der Waals surface area contributed by atoms with Crippen molar-refractivity contribution in [2.75, 3.05) is 24.0 Å². The molecule has 0 saturated carbocycles. The van der Waals surface area contributed by atoms with Gasteiger partial charge in [0.25, 0.3) is 10.0 Å². The van der Waals surface area contributed by atoms with E-state index in [2.05, 4.69) is 26.1 Å². The zero-order valence-corrected chi connectivity index (χ0v) is 22.6. The first-order valence-corrected chi connectivity index (χ1v) is 13.5. The molecule has 0 aliphatic heterocycles. The van der Waals surface area contributed by atoms with Crippen LogP contribution < -0.4 is 14.4 Å². The molecule has 0 spiro atoms. The molecule has 1 N–H and O–H groups in total. The first-order valence-electron chi connectivity index (χ1n) is 11.6. The van der Waals surface area contributed by atoms with Crippen LogP contribution >= 0.6 is 11.6 Å². The van der Waals surface area contributed by atoms with Crippen LogP contribution in [0.25, 0.3) is 0 Å². The Hall–Kier alpha value is -3.24. The summed E-state index contributed by atoms with van der Waals surface area (Å²) in [5.74, 6) is -0.152. The summed E-state index contributed by atoms with van der Waals surface area (Å²) in [6.45, 7) is 5.61. The largest absolute Gasteiger partial charge is 0.492 e. The minimum Gasteiger partial charge on any atom is -0.492 e. The third kappa shape index (κ3) is 7.41. The lowest BCUT2D eigenvalue weighted by Gasteiger charge is -2.26. The van der Waals surface area contributed by atoms with Gasteiger partial charge < -0.3 is 10.1 Å². The van der Waals surface area contributed by atoms with Crippen LogP contribution in [-0.2, 0) is 26.4 Å². The number of benzene rings is 3. The number of anilines is 1. The van der Waals surface area contributed by atoms with E-state index in [1.54, 1.807) is 6.07 Å². The summed E-state index contributed by atoms with van der Waals surface area (Å²) in [5, 5.41) is 2.28. The molecule has 0 radical (unpaired) electrons. The molecule has 0 atom stereocenters. The molecule has 0 aliphatic carbocycles. The molecular weight excluding hydrogens is 541 g/mol. The molecule has 38 heavy (non-hydrogen) atoms. The van der Waals surface area contributed by atoms with E-state index in [0.29, 0.717) is 16.1 Å². The molecule has 0 heterocycles. The molecule has 1 amide bonds. The van der Waals surface area contributed by atoms with E-state index < -0.39 is 39.9 Å². The van der Waals surface area contributed by atoms with Gasteiger partial charge in [0.15, 0.2) is 0 Å². The molecular formula is C27H28ClF3N2O4S. The number of nitrogens with one attached hydrogen (secondary N) is 1. The predicted octanol–water partition coefficient (Wildman–Crippen LogP) is 6.05. The van der Waals surface area contributed by atoms with E-state index in [4.69, 9.17) is 16.3 Å². The fourth-order valence-electron chi connectivity index (χ4n) is 3.50. The van der Waals surface area contributed by atoms with E-state index >= 15 is 0 Å². The van der Waals surface area contributed by atoms with Crippen molar-refractivity contribution in [3.05, 3.63) is 88.9 Å². The Morgan fingerprint density at radius 3 is 2.13 bits per heavy atom. The molecule has 0 bridgehead atoms. The van der Waals surface area contributed by atoms with Crippen molar-refractivity contribution in [2.24, 2.45) is 0 Å². The van der Waals surface area contributed by atoms with E-state index in [1.807, 2.05) is 24.3 Å². The molecule has 6 nitrogen and oxygen atoms in total. The summed E-state index contributed by atoms with van der Waals surface area (Å²) in [6.07, 6.45) is -4.74.